The summed E-state index contributed by atoms with van der Waals surface area (Å²) in [5.41, 5.74) is 0. The second-order valence-corrected chi connectivity index (χ2v) is 6.57. The summed E-state index contributed by atoms with van der Waals surface area (Å²) in [6, 6.07) is 1.65. The van der Waals surface area contributed by atoms with Gasteiger partial charge in [0.1, 0.15) is 0 Å². The minimum atomic E-state index is 0.749. The zero-order valence-corrected chi connectivity index (χ0v) is 12.6. The molecule has 0 aromatic carbocycles. The molecule has 2 aliphatic rings. The molecule has 1 aliphatic heterocycles. The molecular formula is C16H32N2. The first-order chi connectivity index (χ1) is 8.74. The van der Waals surface area contributed by atoms with Gasteiger partial charge in [-0.15, -0.1) is 0 Å². The van der Waals surface area contributed by atoms with E-state index in [9.17, 15) is 0 Å². The molecule has 1 heterocycles. The first-order valence-electron chi connectivity index (χ1n) is 8.22. The fourth-order valence-electron chi connectivity index (χ4n) is 3.84. The van der Waals surface area contributed by atoms with Crippen molar-refractivity contribution in [1.82, 2.24) is 10.2 Å². The van der Waals surface area contributed by atoms with Crippen molar-refractivity contribution < 1.29 is 0 Å². The predicted octanol–water partition coefficient (Wildman–Crippen LogP) is 3.28. The number of likely N-dealkylation sites (tertiary alicyclic amines) is 1. The molecule has 0 aromatic rings. The van der Waals surface area contributed by atoms with Crippen molar-refractivity contribution in [1.29, 1.82) is 0 Å². The summed E-state index contributed by atoms with van der Waals surface area (Å²) in [6.07, 6.45) is 8.51. The third kappa shape index (κ3) is 3.48. The zero-order valence-electron chi connectivity index (χ0n) is 12.6. The van der Waals surface area contributed by atoms with Crippen LogP contribution < -0.4 is 5.32 Å². The molecule has 4 unspecified atom stereocenters. The maximum absolute atomic E-state index is 3.70. The van der Waals surface area contributed by atoms with E-state index < -0.39 is 0 Å². The Hall–Kier alpha value is -0.0800. The van der Waals surface area contributed by atoms with Gasteiger partial charge in [0.15, 0.2) is 0 Å². The van der Waals surface area contributed by atoms with Crippen molar-refractivity contribution in [2.75, 3.05) is 19.6 Å². The molecule has 1 saturated heterocycles. The molecule has 2 heteroatoms. The van der Waals surface area contributed by atoms with E-state index in [1.807, 2.05) is 0 Å². The molecule has 106 valence electrons. The molecule has 1 N–H and O–H groups in total. The number of nitrogens with zero attached hydrogens (tertiary/aromatic N) is 1. The Balaban J connectivity index is 1.88. The molecule has 18 heavy (non-hydrogen) atoms. The molecule has 1 aliphatic carbocycles. The lowest BCUT2D eigenvalue weighted by Crippen LogP contribution is -2.56. The SMILES string of the molecule is CCCCC1CC(NCC)CN(C2CCC2C)C1. The fourth-order valence-corrected chi connectivity index (χ4v) is 3.84. The highest BCUT2D eigenvalue weighted by molar-refractivity contribution is 4.92. The van der Waals surface area contributed by atoms with Crippen LogP contribution in [0.4, 0.5) is 0 Å². The smallest absolute Gasteiger partial charge is 0.0198 e. The van der Waals surface area contributed by atoms with Gasteiger partial charge in [-0.2, -0.15) is 0 Å². The minimum absolute atomic E-state index is 0.749. The Kier molecular flexibility index (Phi) is 5.50. The van der Waals surface area contributed by atoms with E-state index in [4.69, 9.17) is 0 Å². The van der Waals surface area contributed by atoms with Crippen molar-refractivity contribution in [3.05, 3.63) is 0 Å². The summed E-state index contributed by atoms with van der Waals surface area (Å²) in [7, 11) is 0. The number of hydrogen-bond donors (Lipinski definition) is 1. The molecule has 4 atom stereocenters. The summed E-state index contributed by atoms with van der Waals surface area (Å²) < 4.78 is 0. The highest BCUT2D eigenvalue weighted by atomic mass is 15.2. The Morgan fingerprint density at radius 1 is 1.17 bits per heavy atom. The van der Waals surface area contributed by atoms with E-state index in [2.05, 4.69) is 31.0 Å². The average molecular weight is 252 g/mol. The number of rotatable bonds is 6. The fraction of sp³-hybridized carbons (Fsp3) is 1.00. The van der Waals surface area contributed by atoms with Crippen LogP contribution in [-0.4, -0.2) is 36.6 Å². The highest BCUT2D eigenvalue weighted by Gasteiger charge is 2.36. The van der Waals surface area contributed by atoms with Crippen LogP contribution in [0.3, 0.4) is 0 Å². The third-order valence-electron chi connectivity index (χ3n) is 5.07. The maximum Gasteiger partial charge on any atom is 0.0198 e. The van der Waals surface area contributed by atoms with E-state index in [1.54, 1.807) is 0 Å². The van der Waals surface area contributed by atoms with Gasteiger partial charge < -0.3 is 5.32 Å². The summed E-state index contributed by atoms with van der Waals surface area (Å²) in [5.74, 6) is 1.88. The lowest BCUT2D eigenvalue weighted by Gasteiger charge is -2.48. The molecule has 0 spiro atoms. The molecule has 0 bridgehead atoms. The van der Waals surface area contributed by atoms with Crippen molar-refractivity contribution in [3.63, 3.8) is 0 Å². The molecule has 1 saturated carbocycles. The van der Waals surface area contributed by atoms with Gasteiger partial charge >= 0.3 is 0 Å². The van der Waals surface area contributed by atoms with Gasteiger partial charge in [-0.05, 0) is 44.1 Å². The van der Waals surface area contributed by atoms with Crippen LogP contribution in [0.5, 0.6) is 0 Å². The quantitative estimate of drug-likeness (QED) is 0.780. The lowest BCUT2D eigenvalue weighted by molar-refractivity contribution is 0.0211. The topological polar surface area (TPSA) is 15.3 Å². The van der Waals surface area contributed by atoms with Gasteiger partial charge in [0.05, 0.1) is 0 Å². The first-order valence-corrected chi connectivity index (χ1v) is 8.22. The molecule has 2 nitrogen and oxygen atoms in total. The molecule has 0 amide bonds. The van der Waals surface area contributed by atoms with E-state index in [0.717, 1.165) is 30.5 Å². The second kappa shape index (κ2) is 6.91. The summed E-state index contributed by atoms with van der Waals surface area (Å²) in [4.78, 5) is 2.81. The molecular weight excluding hydrogens is 220 g/mol. The maximum atomic E-state index is 3.70. The minimum Gasteiger partial charge on any atom is -0.313 e. The number of nitrogens with one attached hydrogen (secondary N) is 1. The third-order valence-corrected chi connectivity index (χ3v) is 5.07. The van der Waals surface area contributed by atoms with E-state index in [-0.39, 0.29) is 0 Å². The largest absolute Gasteiger partial charge is 0.313 e. The summed E-state index contributed by atoms with van der Waals surface area (Å²) in [5, 5.41) is 3.70. The lowest BCUT2D eigenvalue weighted by atomic mass is 9.77. The Bertz CT molecular complexity index is 241. The number of hydrogen-bond acceptors (Lipinski definition) is 2. The van der Waals surface area contributed by atoms with Gasteiger partial charge in [0.2, 0.25) is 0 Å². The van der Waals surface area contributed by atoms with Crippen molar-refractivity contribution in [2.24, 2.45) is 11.8 Å². The summed E-state index contributed by atoms with van der Waals surface area (Å²) in [6.45, 7) is 10.8. The van der Waals surface area contributed by atoms with Crippen LogP contribution in [0.2, 0.25) is 0 Å². The van der Waals surface area contributed by atoms with Crippen LogP contribution >= 0.6 is 0 Å². The Morgan fingerprint density at radius 3 is 2.56 bits per heavy atom. The van der Waals surface area contributed by atoms with Gasteiger partial charge in [0.25, 0.3) is 0 Å². The first kappa shape index (κ1) is 14.3. The predicted molar refractivity (Wildman–Crippen MR) is 78.9 cm³/mol. The van der Waals surface area contributed by atoms with Gasteiger partial charge in [-0.1, -0.05) is 33.6 Å². The Labute approximate surface area is 114 Å². The van der Waals surface area contributed by atoms with Crippen LogP contribution in [-0.2, 0) is 0 Å². The standard InChI is InChI=1S/C16H32N2/c1-4-6-7-14-10-15(17-5-2)12-18(11-14)16-9-8-13(16)3/h13-17H,4-12H2,1-3H3. The summed E-state index contributed by atoms with van der Waals surface area (Å²) >= 11 is 0. The normalized spacial score (nSPS) is 37.5. The average Bonchev–Trinajstić information content (AvgIpc) is 2.35. The number of unbranched alkanes of at least 4 members (excludes halogenated alkanes) is 1. The van der Waals surface area contributed by atoms with Crippen molar-refractivity contribution in [2.45, 2.75) is 71.4 Å². The number of likely N-dealkylation sites (N-methyl/N-ethyl adjacent to an activating group) is 1. The molecule has 0 aromatic heterocycles. The molecule has 2 fully saturated rings. The monoisotopic (exact) mass is 252 g/mol. The second-order valence-electron chi connectivity index (χ2n) is 6.57. The van der Waals surface area contributed by atoms with E-state index in [0.29, 0.717) is 0 Å². The van der Waals surface area contributed by atoms with Gasteiger partial charge in [-0.25, -0.2) is 0 Å². The van der Waals surface area contributed by atoms with Crippen LogP contribution in [0.25, 0.3) is 0 Å². The van der Waals surface area contributed by atoms with E-state index in [1.165, 1.54) is 51.6 Å². The number of piperidine rings is 1. The van der Waals surface area contributed by atoms with Gasteiger partial charge in [0, 0.05) is 25.2 Å². The van der Waals surface area contributed by atoms with Crippen LogP contribution in [0.1, 0.15) is 59.3 Å². The van der Waals surface area contributed by atoms with Crippen LogP contribution in [0, 0.1) is 11.8 Å². The van der Waals surface area contributed by atoms with Gasteiger partial charge in [-0.3, -0.25) is 4.90 Å². The highest BCUT2D eigenvalue weighted by Crippen LogP contribution is 2.35. The van der Waals surface area contributed by atoms with E-state index >= 15 is 0 Å². The van der Waals surface area contributed by atoms with Crippen LogP contribution in [0.15, 0.2) is 0 Å². The van der Waals surface area contributed by atoms with Crippen molar-refractivity contribution in [3.8, 4) is 0 Å². The molecule has 0 radical (unpaired) electrons. The van der Waals surface area contributed by atoms with Crippen molar-refractivity contribution >= 4 is 0 Å². The molecule has 2 rings (SSSR count). The zero-order chi connectivity index (χ0) is 13.0. The Morgan fingerprint density at radius 2 is 2.00 bits per heavy atom.